The molecule has 0 bridgehead atoms. The summed E-state index contributed by atoms with van der Waals surface area (Å²) in [4.78, 5) is 41.9. The monoisotopic (exact) mass is 422 g/mol. The molecule has 9 heteroatoms. The summed E-state index contributed by atoms with van der Waals surface area (Å²) in [6.07, 6.45) is 1.27. The average molecular weight is 422 g/mol. The molecule has 0 aliphatic heterocycles. The zero-order valence-electron chi connectivity index (χ0n) is 15.5. The Labute approximate surface area is 173 Å². The molecule has 0 atom stereocenters. The summed E-state index contributed by atoms with van der Waals surface area (Å²) in [5.41, 5.74) is 1.16. The molecule has 30 heavy (non-hydrogen) atoms. The third kappa shape index (κ3) is 3.96. The fourth-order valence-corrected chi connectivity index (χ4v) is 3.85. The molecular weight excluding hydrogens is 407 g/mol. The van der Waals surface area contributed by atoms with E-state index in [-0.39, 0.29) is 11.2 Å². The molecular formula is C21H15FN4O3S. The van der Waals surface area contributed by atoms with Gasteiger partial charge in [0.2, 0.25) is 5.91 Å². The van der Waals surface area contributed by atoms with Gasteiger partial charge in [0.15, 0.2) is 0 Å². The van der Waals surface area contributed by atoms with Gasteiger partial charge in [0, 0.05) is 10.9 Å². The van der Waals surface area contributed by atoms with Crippen LogP contribution in [0.5, 0.6) is 0 Å². The quantitative estimate of drug-likeness (QED) is 0.525. The minimum absolute atomic E-state index is 0.0613. The van der Waals surface area contributed by atoms with E-state index in [1.165, 1.54) is 35.9 Å². The maximum absolute atomic E-state index is 13.6. The van der Waals surface area contributed by atoms with Gasteiger partial charge in [-0.3, -0.25) is 19.5 Å². The topological polar surface area (TPSA) is 93.1 Å². The third-order valence-corrected chi connectivity index (χ3v) is 5.22. The number of amides is 3. The van der Waals surface area contributed by atoms with Gasteiger partial charge in [-0.15, -0.1) is 11.3 Å². The van der Waals surface area contributed by atoms with Gasteiger partial charge in [-0.1, -0.05) is 42.5 Å². The maximum atomic E-state index is 13.6. The number of nitrogens with zero attached hydrogens (tertiary/aromatic N) is 2. The molecule has 0 aliphatic carbocycles. The lowest BCUT2D eigenvalue weighted by Crippen LogP contribution is -2.38. The highest BCUT2D eigenvalue weighted by atomic mass is 32.1. The van der Waals surface area contributed by atoms with E-state index in [0.29, 0.717) is 10.2 Å². The van der Waals surface area contributed by atoms with Crippen molar-refractivity contribution in [2.24, 2.45) is 0 Å². The summed E-state index contributed by atoms with van der Waals surface area (Å²) in [6.45, 7) is -0.406. The molecule has 4 aromatic rings. The van der Waals surface area contributed by atoms with Gasteiger partial charge in [-0.25, -0.2) is 14.2 Å². The van der Waals surface area contributed by atoms with Crippen LogP contribution in [0.4, 0.5) is 14.9 Å². The van der Waals surface area contributed by atoms with E-state index in [9.17, 15) is 18.8 Å². The van der Waals surface area contributed by atoms with Crippen molar-refractivity contribution in [2.75, 3.05) is 5.32 Å². The average Bonchev–Trinajstić information content (AvgIpc) is 3.17. The number of anilines is 1. The lowest BCUT2D eigenvalue weighted by molar-refractivity contribution is -0.120. The van der Waals surface area contributed by atoms with Crippen LogP contribution in [-0.2, 0) is 11.3 Å². The summed E-state index contributed by atoms with van der Waals surface area (Å²) in [6, 6.07) is 14.1. The van der Waals surface area contributed by atoms with E-state index in [1.807, 2.05) is 35.7 Å². The summed E-state index contributed by atoms with van der Waals surface area (Å²) in [5, 5.41) is 6.59. The summed E-state index contributed by atoms with van der Waals surface area (Å²) in [7, 11) is 0. The molecule has 7 nitrogen and oxygen atoms in total. The molecule has 0 radical (unpaired) electrons. The second-order valence-corrected chi connectivity index (χ2v) is 7.21. The van der Waals surface area contributed by atoms with E-state index in [1.54, 1.807) is 6.07 Å². The van der Waals surface area contributed by atoms with E-state index in [0.717, 1.165) is 15.7 Å². The number of rotatable bonds is 4. The Morgan fingerprint density at radius 3 is 2.57 bits per heavy atom. The highest BCUT2D eigenvalue weighted by Gasteiger charge is 2.16. The Kier molecular flexibility index (Phi) is 5.36. The Morgan fingerprint density at radius 2 is 1.80 bits per heavy atom. The molecule has 2 aromatic heterocycles. The van der Waals surface area contributed by atoms with Gasteiger partial charge in [-0.05, 0) is 17.7 Å². The molecule has 0 fully saturated rings. The number of carbonyl (C=O) groups is 2. The highest BCUT2D eigenvalue weighted by molar-refractivity contribution is 7.17. The number of benzene rings is 2. The number of nitrogens with one attached hydrogen (secondary N) is 2. The summed E-state index contributed by atoms with van der Waals surface area (Å²) >= 11 is 1.34. The fourth-order valence-electron chi connectivity index (χ4n) is 2.95. The van der Waals surface area contributed by atoms with Crippen LogP contribution in [0, 0.1) is 5.82 Å². The third-order valence-electron chi connectivity index (χ3n) is 4.33. The van der Waals surface area contributed by atoms with Gasteiger partial charge >= 0.3 is 6.03 Å². The van der Waals surface area contributed by atoms with Crippen molar-refractivity contribution in [2.45, 2.75) is 6.54 Å². The van der Waals surface area contributed by atoms with Crippen molar-refractivity contribution >= 4 is 39.2 Å². The van der Waals surface area contributed by atoms with E-state index >= 15 is 0 Å². The smallest absolute Gasteiger partial charge is 0.305 e. The van der Waals surface area contributed by atoms with Crippen molar-refractivity contribution in [1.29, 1.82) is 0 Å². The Morgan fingerprint density at radius 1 is 1.07 bits per heavy atom. The predicted octanol–water partition coefficient (Wildman–Crippen LogP) is 3.61. The zero-order chi connectivity index (χ0) is 21.1. The van der Waals surface area contributed by atoms with Crippen molar-refractivity contribution in [1.82, 2.24) is 14.9 Å². The number of hydrogen-bond donors (Lipinski definition) is 2. The first kappa shape index (κ1) is 19.5. The number of thiophene rings is 1. The first-order valence-corrected chi connectivity index (χ1v) is 9.78. The summed E-state index contributed by atoms with van der Waals surface area (Å²) in [5.74, 6) is -1.36. The molecule has 0 saturated carbocycles. The minimum Gasteiger partial charge on any atom is -0.305 e. The molecule has 0 saturated heterocycles. The first-order valence-electron chi connectivity index (χ1n) is 8.90. The Hall–Kier alpha value is -3.85. The molecule has 2 heterocycles. The number of fused-ring (bicyclic) bond motifs is 1. The number of hydrogen-bond acceptors (Lipinski definition) is 5. The second-order valence-electron chi connectivity index (χ2n) is 6.36. The molecule has 0 unspecified atom stereocenters. The highest BCUT2D eigenvalue weighted by Crippen LogP contribution is 2.30. The minimum atomic E-state index is -0.896. The van der Waals surface area contributed by atoms with E-state index in [2.05, 4.69) is 15.6 Å². The molecule has 150 valence electrons. The van der Waals surface area contributed by atoms with Crippen LogP contribution in [0.2, 0.25) is 0 Å². The van der Waals surface area contributed by atoms with Crippen molar-refractivity contribution in [3.05, 3.63) is 82.5 Å². The van der Waals surface area contributed by atoms with Gasteiger partial charge in [-0.2, -0.15) is 0 Å². The lowest BCUT2D eigenvalue weighted by atomic mass is 10.1. The van der Waals surface area contributed by atoms with Crippen LogP contribution in [0.1, 0.15) is 0 Å². The standard InChI is InChI=1S/C21H15FN4O3S/c22-15-8-4-5-9-16(15)24-21(29)25-17(27)10-26-12-23-19-18(20(26)28)14(11-30-19)13-6-2-1-3-7-13/h1-9,11-12H,10H2,(H2,24,25,27,29). The molecule has 0 aliphatic rings. The molecule has 2 N–H and O–H groups in total. The van der Waals surface area contributed by atoms with Crippen molar-refractivity contribution in [3.8, 4) is 11.1 Å². The molecule has 4 rings (SSSR count). The molecule has 2 aromatic carbocycles. The summed E-state index contributed by atoms with van der Waals surface area (Å²) < 4.78 is 14.7. The first-order chi connectivity index (χ1) is 14.5. The van der Waals surface area contributed by atoms with Crippen molar-refractivity contribution in [3.63, 3.8) is 0 Å². The van der Waals surface area contributed by atoms with Gasteiger partial charge in [0.05, 0.1) is 17.4 Å². The maximum Gasteiger partial charge on any atom is 0.326 e. The van der Waals surface area contributed by atoms with Crippen molar-refractivity contribution < 1.29 is 14.0 Å². The fraction of sp³-hybridized carbons (Fsp3) is 0.0476. The molecule has 3 amide bonds. The lowest BCUT2D eigenvalue weighted by Gasteiger charge is -2.09. The van der Waals surface area contributed by atoms with Crippen LogP contribution in [0.3, 0.4) is 0 Å². The van der Waals surface area contributed by atoms with Gasteiger partial charge < -0.3 is 5.32 Å². The van der Waals surface area contributed by atoms with Crippen LogP contribution < -0.4 is 16.2 Å². The Bertz CT molecular complexity index is 1300. The molecule has 0 spiro atoms. The largest absolute Gasteiger partial charge is 0.326 e. The van der Waals surface area contributed by atoms with Crippen LogP contribution in [0.25, 0.3) is 21.3 Å². The number of aromatic nitrogens is 2. The number of imide groups is 1. The zero-order valence-corrected chi connectivity index (χ0v) is 16.3. The van der Waals surface area contributed by atoms with Crippen LogP contribution >= 0.6 is 11.3 Å². The predicted molar refractivity (Wildman–Crippen MR) is 113 cm³/mol. The number of halogens is 1. The number of urea groups is 1. The van der Waals surface area contributed by atoms with Crippen LogP contribution in [-0.4, -0.2) is 21.5 Å². The SMILES string of the molecule is O=C(Cn1cnc2scc(-c3ccccc3)c2c1=O)NC(=O)Nc1ccccc1F. The van der Waals surface area contributed by atoms with E-state index < -0.39 is 24.3 Å². The second kappa shape index (κ2) is 8.26. The normalized spacial score (nSPS) is 10.7. The number of carbonyl (C=O) groups excluding carboxylic acids is 2. The van der Waals surface area contributed by atoms with E-state index in [4.69, 9.17) is 0 Å². The van der Waals surface area contributed by atoms with Gasteiger partial charge in [0.1, 0.15) is 17.2 Å². The van der Waals surface area contributed by atoms with Crippen LogP contribution in [0.15, 0.2) is 71.1 Å². The van der Waals surface area contributed by atoms with Gasteiger partial charge in [0.25, 0.3) is 5.56 Å². The Balaban J connectivity index is 1.53. The number of para-hydroxylation sites is 1.